The van der Waals surface area contributed by atoms with E-state index in [4.69, 9.17) is 4.52 Å². The summed E-state index contributed by atoms with van der Waals surface area (Å²) in [6, 6.07) is 0. The zero-order chi connectivity index (χ0) is 16.3. The lowest BCUT2D eigenvalue weighted by Crippen LogP contribution is -2.60. The van der Waals surface area contributed by atoms with E-state index >= 15 is 0 Å². The third kappa shape index (κ3) is 3.54. The van der Waals surface area contributed by atoms with Crippen molar-refractivity contribution >= 4 is 17.7 Å². The number of hydrogen-bond acceptors (Lipinski definition) is 7. The molecule has 0 atom stereocenters. The Hall–Kier alpha value is -1.12. The maximum absolute atomic E-state index is 12.5. The molecular weight excluding hydrogens is 314 g/mol. The number of carbonyl (C=O) groups is 1. The molecule has 1 aromatic heterocycles. The predicted molar refractivity (Wildman–Crippen MR) is 89.0 cm³/mol. The summed E-state index contributed by atoms with van der Waals surface area (Å²) >= 11 is 1.68. The van der Waals surface area contributed by atoms with E-state index in [0.29, 0.717) is 12.4 Å². The van der Waals surface area contributed by atoms with Crippen LogP contribution in [0.3, 0.4) is 0 Å². The number of piperidine rings is 1. The van der Waals surface area contributed by atoms with Gasteiger partial charge in [-0.2, -0.15) is 16.7 Å². The van der Waals surface area contributed by atoms with Crippen molar-refractivity contribution in [3.63, 3.8) is 0 Å². The summed E-state index contributed by atoms with van der Waals surface area (Å²) in [6.45, 7) is 4.17. The molecule has 3 rings (SSSR count). The fourth-order valence-electron chi connectivity index (χ4n) is 3.49. The van der Waals surface area contributed by atoms with Gasteiger partial charge in [0.1, 0.15) is 5.54 Å². The van der Waals surface area contributed by atoms with Crippen molar-refractivity contribution in [2.45, 2.75) is 37.1 Å². The zero-order valence-electron chi connectivity index (χ0n) is 13.9. The lowest BCUT2D eigenvalue weighted by molar-refractivity contribution is -0.134. The molecule has 0 aliphatic carbocycles. The van der Waals surface area contributed by atoms with Crippen LogP contribution < -0.4 is 5.32 Å². The van der Waals surface area contributed by atoms with Crippen LogP contribution in [0.25, 0.3) is 0 Å². The predicted octanol–water partition coefficient (Wildman–Crippen LogP) is 0.719. The van der Waals surface area contributed by atoms with Crippen LogP contribution >= 0.6 is 11.8 Å². The summed E-state index contributed by atoms with van der Waals surface area (Å²) < 4.78 is 5.31. The van der Waals surface area contributed by atoms with Gasteiger partial charge in [0.15, 0.2) is 5.82 Å². The highest BCUT2D eigenvalue weighted by molar-refractivity contribution is 7.97. The van der Waals surface area contributed by atoms with Gasteiger partial charge in [-0.1, -0.05) is 5.16 Å². The number of likely N-dealkylation sites (tertiary alicyclic amines) is 1. The number of amides is 1. The van der Waals surface area contributed by atoms with Gasteiger partial charge in [-0.25, -0.2) is 0 Å². The lowest BCUT2D eigenvalue weighted by atomic mass is 9.85. The first kappa shape index (κ1) is 16.7. The van der Waals surface area contributed by atoms with Crippen molar-refractivity contribution in [1.29, 1.82) is 0 Å². The smallest absolute Gasteiger partial charge is 0.240 e. The topological polar surface area (TPSA) is 74.5 Å². The molecule has 1 N–H and O–H groups in total. The van der Waals surface area contributed by atoms with Crippen molar-refractivity contribution in [3.8, 4) is 0 Å². The minimum atomic E-state index is -0.341. The summed E-state index contributed by atoms with van der Waals surface area (Å²) in [6.07, 6.45) is 4.74. The number of nitrogens with one attached hydrogen (secondary N) is 1. The quantitative estimate of drug-likeness (QED) is 0.866. The number of hydrogen-bond donors (Lipinski definition) is 1. The monoisotopic (exact) mass is 339 g/mol. The van der Waals surface area contributed by atoms with Crippen molar-refractivity contribution in [1.82, 2.24) is 25.3 Å². The van der Waals surface area contributed by atoms with Crippen LogP contribution in [0.1, 0.15) is 31.0 Å². The highest BCUT2D eigenvalue weighted by atomic mass is 32.2. The molecule has 0 aromatic carbocycles. The molecule has 23 heavy (non-hydrogen) atoms. The third-order valence-electron chi connectivity index (χ3n) is 4.93. The second kappa shape index (κ2) is 7.19. The van der Waals surface area contributed by atoms with Crippen LogP contribution in [0, 0.1) is 0 Å². The number of carbonyl (C=O) groups excluding carboxylic acids is 1. The molecule has 8 heteroatoms. The molecule has 3 heterocycles. The molecule has 2 aliphatic rings. The maximum Gasteiger partial charge on any atom is 0.240 e. The average Bonchev–Trinajstić information content (AvgIpc) is 2.94. The first-order chi connectivity index (χ1) is 11.1. The Morgan fingerprint density at radius 2 is 2.13 bits per heavy atom. The van der Waals surface area contributed by atoms with E-state index in [1.54, 1.807) is 11.8 Å². The average molecular weight is 339 g/mol. The van der Waals surface area contributed by atoms with E-state index in [9.17, 15) is 4.79 Å². The molecule has 0 bridgehead atoms. The van der Waals surface area contributed by atoms with Gasteiger partial charge in [0.05, 0.1) is 12.3 Å². The van der Waals surface area contributed by atoms with E-state index in [1.807, 2.05) is 6.26 Å². The van der Waals surface area contributed by atoms with Crippen LogP contribution in [-0.4, -0.2) is 70.9 Å². The summed E-state index contributed by atoms with van der Waals surface area (Å²) in [5, 5.41) is 7.06. The van der Waals surface area contributed by atoms with Gasteiger partial charge < -0.3 is 9.84 Å². The van der Waals surface area contributed by atoms with Crippen LogP contribution in [0.15, 0.2) is 4.52 Å². The Morgan fingerprint density at radius 1 is 1.35 bits per heavy atom. The molecule has 1 spiro atoms. The summed E-state index contributed by atoms with van der Waals surface area (Å²) in [7, 11) is 2.08. The van der Waals surface area contributed by atoms with Gasteiger partial charge in [-0.3, -0.25) is 14.6 Å². The molecule has 0 unspecified atom stereocenters. The Kier molecular flexibility index (Phi) is 5.23. The fourth-order valence-corrected chi connectivity index (χ4v) is 3.87. The molecule has 7 nitrogen and oxygen atoms in total. The molecule has 1 aromatic rings. The van der Waals surface area contributed by atoms with E-state index in [2.05, 4.69) is 32.3 Å². The van der Waals surface area contributed by atoms with Crippen molar-refractivity contribution < 1.29 is 9.32 Å². The summed E-state index contributed by atoms with van der Waals surface area (Å²) in [5.41, 5.74) is -0.341. The van der Waals surface area contributed by atoms with Gasteiger partial charge in [0, 0.05) is 26.2 Å². The van der Waals surface area contributed by atoms with Crippen LogP contribution in [0.4, 0.5) is 0 Å². The Morgan fingerprint density at radius 3 is 2.87 bits per heavy atom. The fraction of sp³-hybridized carbons (Fsp3) is 0.800. The first-order valence-electron chi connectivity index (χ1n) is 8.16. The normalized spacial score (nSPS) is 23.0. The first-order valence-corrected chi connectivity index (χ1v) is 9.56. The molecule has 0 saturated carbocycles. The van der Waals surface area contributed by atoms with Gasteiger partial charge in [-0.15, -0.1) is 0 Å². The number of nitrogens with zero attached hydrogens (tertiary/aromatic N) is 4. The SMILES string of the molecule is CSCc1noc(CN2CCC3(CC2)C(=O)NCCCN3C)n1. The number of aromatic nitrogens is 2. The maximum atomic E-state index is 12.5. The number of rotatable bonds is 4. The number of likely N-dealkylation sites (N-methyl/N-ethyl adjacent to an activating group) is 1. The van der Waals surface area contributed by atoms with Crippen molar-refractivity contribution in [2.24, 2.45) is 0 Å². The molecule has 2 saturated heterocycles. The van der Waals surface area contributed by atoms with E-state index in [-0.39, 0.29) is 11.4 Å². The van der Waals surface area contributed by atoms with Gasteiger partial charge >= 0.3 is 0 Å². The van der Waals surface area contributed by atoms with Crippen LogP contribution in [0.2, 0.25) is 0 Å². The van der Waals surface area contributed by atoms with Gasteiger partial charge in [-0.05, 0) is 32.6 Å². The van der Waals surface area contributed by atoms with Gasteiger partial charge in [0.25, 0.3) is 0 Å². The molecule has 0 radical (unpaired) electrons. The van der Waals surface area contributed by atoms with Gasteiger partial charge in [0.2, 0.25) is 11.8 Å². The minimum absolute atomic E-state index is 0.192. The molecule has 2 aliphatic heterocycles. The van der Waals surface area contributed by atoms with Crippen LogP contribution in [-0.2, 0) is 17.1 Å². The molecule has 128 valence electrons. The van der Waals surface area contributed by atoms with Crippen molar-refractivity contribution in [3.05, 3.63) is 11.7 Å². The number of thioether (sulfide) groups is 1. The molecule has 1 amide bonds. The highest BCUT2D eigenvalue weighted by Crippen LogP contribution is 2.30. The second-order valence-corrected chi connectivity index (χ2v) is 7.24. The second-order valence-electron chi connectivity index (χ2n) is 6.38. The summed E-state index contributed by atoms with van der Waals surface area (Å²) in [4.78, 5) is 21.5. The van der Waals surface area contributed by atoms with Crippen LogP contribution in [0.5, 0.6) is 0 Å². The Bertz CT molecular complexity index is 542. The highest BCUT2D eigenvalue weighted by Gasteiger charge is 2.45. The lowest BCUT2D eigenvalue weighted by Gasteiger charge is -2.44. The standard InChI is InChI=1S/C15H25N5O2S/c1-19-7-3-6-16-14(21)15(19)4-8-20(9-5-15)10-13-17-12(11-23-2)18-22-13/h3-11H2,1-2H3,(H,16,21). The largest absolute Gasteiger partial charge is 0.354 e. The molecule has 2 fully saturated rings. The Labute approximate surface area is 141 Å². The van der Waals surface area contributed by atoms with E-state index in [1.165, 1.54) is 0 Å². The van der Waals surface area contributed by atoms with E-state index < -0.39 is 0 Å². The molecular formula is C15H25N5O2S. The zero-order valence-corrected chi connectivity index (χ0v) is 14.7. The van der Waals surface area contributed by atoms with Crippen molar-refractivity contribution in [2.75, 3.05) is 39.5 Å². The minimum Gasteiger partial charge on any atom is -0.354 e. The Balaban J connectivity index is 1.59. The summed E-state index contributed by atoms with van der Waals surface area (Å²) in [5.74, 6) is 2.39. The van der Waals surface area contributed by atoms with E-state index in [0.717, 1.165) is 57.0 Å². The third-order valence-corrected chi connectivity index (χ3v) is 5.48.